The molecule has 0 saturated carbocycles. The number of rotatable bonds is 9. The van der Waals surface area contributed by atoms with E-state index in [4.69, 9.17) is 9.47 Å². The van der Waals surface area contributed by atoms with Crippen molar-refractivity contribution in [3.8, 4) is 34.0 Å². The Morgan fingerprint density at radius 1 is 0.944 bits per heavy atom. The van der Waals surface area contributed by atoms with Crippen molar-refractivity contribution in [2.45, 2.75) is 40.3 Å². The van der Waals surface area contributed by atoms with Crippen LogP contribution in [0.25, 0.3) is 22.3 Å². The van der Waals surface area contributed by atoms with E-state index >= 15 is 0 Å². The molecule has 36 heavy (non-hydrogen) atoms. The van der Waals surface area contributed by atoms with Crippen LogP contribution in [0.4, 0.5) is 5.69 Å². The van der Waals surface area contributed by atoms with Gasteiger partial charge in [0, 0.05) is 5.56 Å². The third kappa shape index (κ3) is 5.35. The molecule has 4 rings (SSSR count). The van der Waals surface area contributed by atoms with Crippen molar-refractivity contribution in [3.05, 3.63) is 99.3 Å². The molecular weight excluding hydrogens is 454 g/mol. The topological polar surface area (TPSA) is 82.8 Å². The van der Waals surface area contributed by atoms with Gasteiger partial charge in [-0.2, -0.15) is 0 Å². The van der Waals surface area contributed by atoms with Gasteiger partial charge in [0.2, 0.25) is 0 Å². The monoisotopic (exact) mass is 483 g/mol. The van der Waals surface area contributed by atoms with Gasteiger partial charge in [-0.05, 0) is 67.8 Å². The van der Waals surface area contributed by atoms with Gasteiger partial charge >= 0.3 is 0 Å². The van der Waals surface area contributed by atoms with Gasteiger partial charge in [0.25, 0.3) is 11.6 Å². The molecule has 1 heterocycles. The van der Waals surface area contributed by atoms with Crippen molar-refractivity contribution < 1.29 is 9.47 Å². The molecule has 0 fully saturated rings. The van der Waals surface area contributed by atoms with Crippen LogP contribution in [-0.4, -0.2) is 22.3 Å². The average molecular weight is 484 g/mol. The third-order valence-corrected chi connectivity index (χ3v) is 5.71. The lowest BCUT2D eigenvalue weighted by atomic mass is 10.0. The molecule has 0 aliphatic rings. The van der Waals surface area contributed by atoms with Gasteiger partial charge in [-0.15, -0.1) is 4.91 Å². The molecule has 184 valence electrons. The maximum atomic E-state index is 13.7. The Labute approximate surface area is 210 Å². The van der Waals surface area contributed by atoms with Gasteiger partial charge in [0.05, 0.1) is 30.5 Å². The van der Waals surface area contributed by atoms with Crippen molar-refractivity contribution in [2.24, 2.45) is 5.18 Å². The van der Waals surface area contributed by atoms with E-state index in [1.165, 1.54) is 0 Å². The van der Waals surface area contributed by atoms with Crippen molar-refractivity contribution in [1.82, 2.24) is 9.55 Å². The molecule has 3 aromatic carbocycles. The molecule has 0 bridgehead atoms. The number of aromatic nitrogens is 2. The molecule has 0 atom stereocenters. The van der Waals surface area contributed by atoms with Gasteiger partial charge < -0.3 is 9.47 Å². The number of nitroso groups, excluding NO2 is 1. The molecule has 0 N–H and O–H groups in total. The quantitative estimate of drug-likeness (QED) is 0.253. The second-order valence-corrected chi connectivity index (χ2v) is 8.68. The number of nitrogens with zero attached hydrogens (tertiary/aromatic N) is 3. The Bertz CT molecular complexity index is 1410. The van der Waals surface area contributed by atoms with Crippen molar-refractivity contribution in [3.63, 3.8) is 0 Å². The number of hydrogen-bond donors (Lipinski definition) is 0. The summed E-state index contributed by atoms with van der Waals surface area (Å²) >= 11 is 0. The lowest BCUT2D eigenvalue weighted by molar-refractivity contribution is 0.242. The first-order valence-corrected chi connectivity index (χ1v) is 11.9. The van der Waals surface area contributed by atoms with Crippen LogP contribution < -0.4 is 15.0 Å². The highest BCUT2D eigenvalue weighted by molar-refractivity contribution is 5.75. The summed E-state index contributed by atoms with van der Waals surface area (Å²) in [6, 6.07) is 22.6. The normalized spacial score (nSPS) is 10.9. The highest BCUT2D eigenvalue weighted by Gasteiger charge is 2.17. The van der Waals surface area contributed by atoms with Crippen LogP contribution in [0.3, 0.4) is 0 Å². The van der Waals surface area contributed by atoms with Gasteiger partial charge in [0.1, 0.15) is 11.4 Å². The van der Waals surface area contributed by atoms with E-state index in [1.54, 1.807) is 16.7 Å². The molecule has 0 unspecified atom stereocenters. The Hall–Kier alpha value is -4.26. The van der Waals surface area contributed by atoms with Crippen LogP contribution in [0.2, 0.25) is 0 Å². The fraction of sp³-hybridized carbons (Fsp3) is 0.241. The standard InChI is InChI=1S/C29H29N3O4/c1-5-35-29-30-20(4)27(23-14-16-24(17-15-23)36-19(2)3)28(33)32(29)18-21-10-12-22(13-11-21)25-8-6-7-9-26(25)31-34/h6-17,19H,5,18H2,1-4H3. The Kier molecular flexibility index (Phi) is 7.59. The predicted molar refractivity (Wildman–Crippen MR) is 142 cm³/mol. The third-order valence-electron chi connectivity index (χ3n) is 5.71. The first kappa shape index (κ1) is 24.9. The summed E-state index contributed by atoms with van der Waals surface area (Å²) in [7, 11) is 0. The predicted octanol–water partition coefficient (Wildman–Crippen LogP) is 6.52. The molecule has 7 nitrogen and oxygen atoms in total. The average Bonchev–Trinajstić information content (AvgIpc) is 2.87. The number of ether oxygens (including phenoxy) is 2. The summed E-state index contributed by atoms with van der Waals surface area (Å²) in [5, 5.41) is 3.12. The molecule has 0 radical (unpaired) electrons. The maximum Gasteiger partial charge on any atom is 0.299 e. The van der Waals surface area contributed by atoms with E-state index in [1.807, 2.05) is 88.4 Å². The van der Waals surface area contributed by atoms with E-state index in [-0.39, 0.29) is 24.2 Å². The second-order valence-electron chi connectivity index (χ2n) is 8.68. The van der Waals surface area contributed by atoms with E-state index in [2.05, 4.69) is 10.2 Å². The zero-order chi connectivity index (χ0) is 25.7. The first-order chi connectivity index (χ1) is 17.4. The highest BCUT2D eigenvalue weighted by atomic mass is 16.5. The summed E-state index contributed by atoms with van der Waals surface area (Å²) < 4.78 is 13.0. The largest absolute Gasteiger partial charge is 0.491 e. The van der Waals surface area contributed by atoms with Gasteiger partial charge in [0.15, 0.2) is 0 Å². The summed E-state index contributed by atoms with van der Waals surface area (Å²) in [6.07, 6.45) is 0.0662. The molecule has 0 aliphatic carbocycles. The van der Waals surface area contributed by atoms with Gasteiger partial charge in [-0.3, -0.25) is 9.36 Å². The van der Waals surface area contributed by atoms with Crippen molar-refractivity contribution >= 4 is 5.69 Å². The molecule has 4 aromatic rings. The van der Waals surface area contributed by atoms with Gasteiger partial charge in [-0.25, -0.2) is 4.98 Å². The van der Waals surface area contributed by atoms with Crippen LogP contribution in [0.5, 0.6) is 11.8 Å². The summed E-state index contributed by atoms with van der Waals surface area (Å²) in [6.45, 7) is 8.29. The lowest BCUT2D eigenvalue weighted by Gasteiger charge is -2.16. The lowest BCUT2D eigenvalue weighted by Crippen LogP contribution is -2.26. The van der Waals surface area contributed by atoms with Crippen molar-refractivity contribution in [1.29, 1.82) is 0 Å². The minimum absolute atomic E-state index is 0.0662. The fourth-order valence-electron chi connectivity index (χ4n) is 4.09. The smallest absolute Gasteiger partial charge is 0.299 e. The number of benzene rings is 3. The van der Waals surface area contributed by atoms with Crippen molar-refractivity contribution in [2.75, 3.05) is 6.61 Å². The minimum Gasteiger partial charge on any atom is -0.491 e. The van der Waals surface area contributed by atoms with Crippen LogP contribution in [0.1, 0.15) is 32.0 Å². The minimum atomic E-state index is -0.178. The van der Waals surface area contributed by atoms with Crippen LogP contribution >= 0.6 is 0 Å². The van der Waals surface area contributed by atoms with E-state index in [0.717, 1.165) is 28.0 Å². The van der Waals surface area contributed by atoms with Crippen LogP contribution in [-0.2, 0) is 6.54 Å². The SMILES string of the molecule is CCOc1nc(C)c(-c2ccc(OC(C)C)cc2)c(=O)n1Cc1ccc(-c2ccccc2N=O)cc1. The molecule has 1 aromatic heterocycles. The summed E-state index contributed by atoms with van der Waals surface area (Å²) in [4.78, 5) is 29.5. The van der Waals surface area contributed by atoms with E-state index in [0.29, 0.717) is 23.6 Å². The first-order valence-electron chi connectivity index (χ1n) is 11.9. The number of hydrogen-bond acceptors (Lipinski definition) is 6. The van der Waals surface area contributed by atoms with E-state index < -0.39 is 0 Å². The Morgan fingerprint density at radius 2 is 1.61 bits per heavy atom. The maximum absolute atomic E-state index is 13.7. The Balaban J connectivity index is 1.70. The van der Waals surface area contributed by atoms with Crippen LogP contribution in [0.15, 0.2) is 82.8 Å². The summed E-state index contributed by atoms with van der Waals surface area (Å²) in [5.41, 5.74) is 4.64. The molecule has 0 aliphatic heterocycles. The highest BCUT2D eigenvalue weighted by Crippen LogP contribution is 2.30. The molecule has 0 spiro atoms. The molecule has 0 amide bonds. The second kappa shape index (κ2) is 11.0. The Morgan fingerprint density at radius 3 is 2.25 bits per heavy atom. The number of aryl methyl sites for hydroxylation is 1. The fourth-order valence-corrected chi connectivity index (χ4v) is 4.09. The molecule has 0 saturated heterocycles. The zero-order valence-corrected chi connectivity index (χ0v) is 20.9. The van der Waals surface area contributed by atoms with Crippen LogP contribution in [0, 0.1) is 11.8 Å². The summed E-state index contributed by atoms with van der Waals surface area (Å²) in [5.74, 6) is 0.747. The molecule has 7 heteroatoms. The molecular formula is C29H29N3O4. The zero-order valence-electron chi connectivity index (χ0n) is 20.9. The van der Waals surface area contributed by atoms with E-state index in [9.17, 15) is 9.70 Å². The van der Waals surface area contributed by atoms with Gasteiger partial charge in [-0.1, -0.05) is 54.6 Å².